The van der Waals surface area contributed by atoms with Gasteiger partial charge in [-0.25, -0.2) is 9.59 Å². The molecule has 3 saturated heterocycles. The third kappa shape index (κ3) is 28.6. The second kappa shape index (κ2) is 45.1. The number of aliphatic hydroxyl groups excluding tert-OH is 4. The highest BCUT2D eigenvalue weighted by atomic mass is 32.2. The Morgan fingerprint density at radius 3 is 1.79 bits per heavy atom. The van der Waals surface area contributed by atoms with Crippen LogP contribution in [0.15, 0.2) is 33.9 Å². The summed E-state index contributed by atoms with van der Waals surface area (Å²) in [6.45, 7) is 5.10. The second-order valence-corrected chi connectivity index (χ2v) is 24.1. The first-order valence-electron chi connectivity index (χ1n) is 32.8. The lowest BCUT2D eigenvalue weighted by Gasteiger charge is -2.46. The molecule has 36 heteroatoms. The number of anilines is 2. The lowest BCUT2D eigenvalue weighted by Crippen LogP contribution is -2.68. The van der Waals surface area contributed by atoms with E-state index in [2.05, 4.69) is 63.2 Å². The van der Waals surface area contributed by atoms with E-state index in [0.29, 0.717) is 160 Å². The number of hydrogen-bond acceptors (Lipinski definition) is 28. The van der Waals surface area contributed by atoms with Gasteiger partial charge in [-0.15, -0.1) is 10.2 Å². The summed E-state index contributed by atoms with van der Waals surface area (Å²) in [4.78, 5) is 98.0. The summed E-state index contributed by atoms with van der Waals surface area (Å²) >= 11 is 1.88. The van der Waals surface area contributed by atoms with Crippen molar-refractivity contribution in [1.29, 1.82) is 0 Å². The Kier molecular flexibility index (Phi) is 36.9. The average Bonchev–Trinajstić information content (AvgIpc) is 1.74. The molecule has 14 N–H and O–H groups in total. The molecule has 0 unspecified atom stereocenters. The minimum absolute atomic E-state index is 0.00775. The minimum atomic E-state index is -2.53. The molecule has 1 aromatic heterocycles. The zero-order valence-corrected chi connectivity index (χ0v) is 55.3. The molecular formula is C61H96N12O23S. The molecule has 2 aromatic carbocycles. The standard InChI is InChI=1S/C61H96N12O23S/c74-38-49(80)68-51-43(75)36-61(59(84)85,96-57(51)54(81)44(76)37-66-48(79)35-40-9-11-41(12-10-40)58-70-72-73-71-58)95-18-6-2-1-5-14-64-52-53(56(83)55(52)82)65-17-22-90-26-30-94-34-33-93-29-25-89-21-16-63-47(78)13-19-87-23-27-91-31-32-92-28-24-88-20-15-62-46(77)8-4-3-7-45-50-42(39-97-45)67-60(86)69-50/h9-12,42-45,50-51,54,57,64-65,74-76,81H,1-8,13-39H2,(H,62,77)(H,63,78)(H,66,79)(H,68,80)(H,84,85)(H2,67,69,86)(H,70,71,72,73)/t42-,43+,44-,45-,50-,51-,54-,57-,61-/m1/s1. The van der Waals surface area contributed by atoms with Crippen molar-refractivity contribution in [2.75, 3.05) is 168 Å². The number of thioether (sulfide) groups is 1. The molecule has 3 aliphatic rings. The van der Waals surface area contributed by atoms with E-state index in [-0.39, 0.29) is 87.1 Å². The largest absolute Gasteiger partial charge is 0.477 e. The van der Waals surface area contributed by atoms with E-state index < -0.39 is 84.5 Å². The number of urea groups is 1. The summed E-state index contributed by atoms with van der Waals surface area (Å²) < 4.78 is 55.6. The fraction of sp³-hybridized carbons (Fsp3) is 0.721. The summed E-state index contributed by atoms with van der Waals surface area (Å²) in [7, 11) is 0. The fourth-order valence-corrected chi connectivity index (χ4v) is 12.0. The van der Waals surface area contributed by atoms with Crippen molar-refractivity contribution in [3.8, 4) is 11.4 Å². The monoisotopic (exact) mass is 1400 g/mol. The molecule has 6 rings (SSSR count). The molecule has 35 nitrogen and oxygen atoms in total. The number of carbonyl (C=O) groups excluding carboxylic acids is 5. The van der Waals surface area contributed by atoms with Gasteiger partial charge in [0.1, 0.15) is 30.2 Å². The van der Waals surface area contributed by atoms with E-state index in [1.54, 1.807) is 24.3 Å². The number of rotatable bonds is 55. The zero-order chi connectivity index (χ0) is 69.5. The first-order valence-corrected chi connectivity index (χ1v) is 33.9. The van der Waals surface area contributed by atoms with Crippen LogP contribution in [0.3, 0.4) is 0 Å². The van der Waals surface area contributed by atoms with Crippen molar-refractivity contribution in [3.63, 3.8) is 0 Å². The van der Waals surface area contributed by atoms with Crippen molar-refractivity contribution >= 4 is 58.8 Å². The molecule has 0 saturated carbocycles. The normalized spacial score (nSPS) is 20.4. The van der Waals surface area contributed by atoms with Crippen LogP contribution in [0.2, 0.25) is 0 Å². The predicted molar refractivity (Wildman–Crippen MR) is 347 cm³/mol. The summed E-state index contributed by atoms with van der Waals surface area (Å²) in [5.74, 6) is -4.57. The molecule has 0 spiro atoms. The third-order valence-corrected chi connectivity index (χ3v) is 17.1. The van der Waals surface area contributed by atoms with E-state index in [1.165, 1.54) is 0 Å². The Hall–Kier alpha value is -6.62. The molecule has 0 bridgehead atoms. The summed E-state index contributed by atoms with van der Waals surface area (Å²) in [6.07, 6.45) is -2.73. The Balaban J connectivity index is 0.678. The molecule has 6 amide bonds. The van der Waals surface area contributed by atoms with Gasteiger partial charge in [-0.1, -0.05) is 43.5 Å². The van der Waals surface area contributed by atoms with Crippen molar-refractivity contribution in [3.05, 3.63) is 50.3 Å². The van der Waals surface area contributed by atoms with Gasteiger partial charge in [-0.05, 0) is 36.5 Å². The maximum atomic E-state index is 12.8. The SMILES string of the molecule is O=C(CCCC[C@H]1SC[C@H]2NC(=O)N[C@H]21)NCCOCCOCCOCCOCCC(=O)NCCOCCOCCOCCOCCNc1c(NCCCCCCO[C@]2(C(=O)O)C[C@H](O)[C@@H](NC(=O)CO)[C@H]([C@H](O)[C@H](O)CNC(=O)Cc3ccc(-c4nn[nH]n4)cc3)O2)c(=O)c1=O. The number of nitrogens with one attached hydrogen (secondary N) is 9. The Bertz CT molecular complexity index is 2860. The van der Waals surface area contributed by atoms with E-state index in [4.69, 9.17) is 47.4 Å². The van der Waals surface area contributed by atoms with Crippen molar-refractivity contribution < 1.29 is 102 Å². The fourth-order valence-electron chi connectivity index (χ4n) is 10.5. The number of ether oxygens (including phenoxy) is 10. The Labute approximate surface area is 564 Å². The van der Waals surface area contributed by atoms with Gasteiger partial charge in [-0.2, -0.15) is 17.0 Å². The van der Waals surface area contributed by atoms with Crippen molar-refractivity contribution in [1.82, 2.24) is 52.5 Å². The highest BCUT2D eigenvalue weighted by molar-refractivity contribution is 8.00. The van der Waals surface area contributed by atoms with Crippen molar-refractivity contribution in [2.24, 2.45) is 0 Å². The minimum Gasteiger partial charge on any atom is -0.477 e. The van der Waals surface area contributed by atoms with E-state index >= 15 is 0 Å². The Morgan fingerprint density at radius 2 is 1.21 bits per heavy atom. The number of benzene rings is 1. The quantitative estimate of drug-likeness (QED) is 0.0151. The van der Waals surface area contributed by atoms with E-state index in [0.717, 1.165) is 25.0 Å². The predicted octanol–water partition coefficient (Wildman–Crippen LogP) is -3.17. The number of tetrazole rings is 1. The number of amides is 6. The summed E-state index contributed by atoms with van der Waals surface area (Å²) in [5, 5.41) is 89.3. The lowest BCUT2D eigenvalue weighted by molar-refractivity contribution is -0.310. The molecule has 3 fully saturated rings. The number of carboxylic acids is 1. The molecule has 3 aliphatic heterocycles. The number of aliphatic carboxylic acids is 1. The number of unbranched alkanes of at least 4 members (excludes halogenated alkanes) is 4. The summed E-state index contributed by atoms with van der Waals surface area (Å²) in [6, 6.07) is 5.52. The number of hydrogen-bond donors (Lipinski definition) is 14. The molecule has 4 heterocycles. The average molecular weight is 1400 g/mol. The first-order chi connectivity index (χ1) is 47.1. The van der Waals surface area contributed by atoms with E-state index in [9.17, 15) is 63.9 Å². The molecule has 3 aromatic rings. The second-order valence-electron chi connectivity index (χ2n) is 22.9. The van der Waals surface area contributed by atoms with Crippen LogP contribution in [-0.2, 0) is 77.8 Å². The van der Waals surface area contributed by atoms with Crippen LogP contribution in [0, 0.1) is 0 Å². The molecule has 97 heavy (non-hydrogen) atoms. The van der Waals surface area contributed by atoms with Crippen LogP contribution >= 0.6 is 11.8 Å². The number of aliphatic hydroxyl groups is 4. The molecule has 544 valence electrons. The molecule has 0 aliphatic carbocycles. The van der Waals surface area contributed by atoms with Gasteiger partial charge in [-0.3, -0.25) is 28.8 Å². The zero-order valence-electron chi connectivity index (χ0n) is 54.5. The Morgan fingerprint density at radius 1 is 0.639 bits per heavy atom. The van der Waals surface area contributed by atoms with Crippen LogP contribution in [0.1, 0.15) is 69.8 Å². The number of carboxylic acid groups (broad SMARTS) is 1. The van der Waals surface area contributed by atoms with Gasteiger partial charge in [0.2, 0.25) is 29.5 Å². The maximum Gasteiger partial charge on any atom is 0.364 e. The number of fused-ring (bicyclic) bond motifs is 1. The molecular weight excluding hydrogens is 1300 g/mol. The molecule has 0 radical (unpaired) electrons. The third-order valence-electron chi connectivity index (χ3n) is 15.6. The van der Waals surface area contributed by atoms with E-state index in [1.807, 2.05) is 11.8 Å². The first kappa shape index (κ1) is 79.4. The van der Waals surface area contributed by atoms with Gasteiger partial charge in [0.05, 0.1) is 149 Å². The van der Waals surface area contributed by atoms with Crippen molar-refractivity contribution in [2.45, 2.75) is 124 Å². The lowest BCUT2D eigenvalue weighted by atomic mass is 9.88. The highest BCUT2D eigenvalue weighted by Crippen LogP contribution is 2.35. The van der Waals surface area contributed by atoms with Gasteiger partial charge < -0.3 is 115 Å². The van der Waals surface area contributed by atoms with Crippen LogP contribution in [0.25, 0.3) is 11.4 Å². The van der Waals surface area contributed by atoms with Gasteiger partial charge in [0, 0.05) is 68.6 Å². The van der Waals surface area contributed by atoms with Crippen LogP contribution in [0.4, 0.5) is 16.2 Å². The van der Waals surface area contributed by atoms with Crippen LogP contribution < -0.4 is 53.4 Å². The van der Waals surface area contributed by atoms with Gasteiger partial charge in [0.15, 0.2) is 0 Å². The number of carbonyl (C=O) groups is 6. The number of nitrogens with zero attached hydrogens (tertiary/aromatic N) is 3. The topological polar surface area (TPSA) is 481 Å². The highest BCUT2D eigenvalue weighted by Gasteiger charge is 2.56. The number of aromatic amines is 1. The van der Waals surface area contributed by atoms with Gasteiger partial charge >= 0.3 is 12.0 Å². The summed E-state index contributed by atoms with van der Waals surface area (Å²) in [5.41, 5.74) is 0.269. The van der Waals surface area contributed by atoms with Crippen LogP contribution in [0.5, 0.6) is 0 Å². The smallest absolute Gasteiger partial charge is 0.364 e. The maximum absolute atomic E-state index is 12.8. The molecule has 9 atom stereocenters. The number of H-pyrrole nitrogens is 1. The van der Waals surface area contributed by atoms with Crippen LogP contribution in [-0.4, -0.2) is 293 Å². The van der Waals surface area contributed by atoms with Gasteiger partial charge in [0.25, 0.3) is 16.6 Å². The number of aromatic nitrogens is 4.